The zero-order valence-electron chi connectivity index (χ0n) is 12.9. The van der Waals surface area contributed by atoms with E-state index in [0.717, 1.165) is 12.2 Å². The minimum absolute atomic E-state index is 0.0449. The second-order valence-corrected chi connectivity index (χ2v) is 8.57. The van der Waals surface area contributed by atoms with Gasteiger partial charge in [0, 0.05) is 10.9 Å². The van der Waals surface area contributed by atoms with Crippen LogP contribution in [0, 0.1) is 0 Å². The lowest BCUT2D eigenvalue weighted by Gasteiger charge is -2.07. The molecular weight excluding hydrogens is 296 g/mol. The van der Waals surface area contributed by atoms with Crippen molar-refractivity contribution in [1.82, 2.24) is 0 Å². The van der Waals surface area contributed by atoms with Gasteiger partial charge in [0.15, 0.2) is 0 Å². The van der Waals surface area contributed by atoms with Gasteiger partial charge in [-0.15, -0.1) is 0 Å². The summed E-state index contributed by atoms with van der Waals surface area (Å²) in [5, 5.41) is 0. The van der Waals surface area contributed by atoms with Gasteiger partial charge in [-0.2, -0.15) is 0 Å². The van der Waals surface area contributed by atoms with Crippen LogP contribution in [0.25, 0.3) is 0 Å². The summed E-state index contributed by atoms with van der Waals surface area (Å²) in [5.41, 5.74) is 0. The molecule has 1 unspecified atom stereocenters. The smallest absolute Gasteiger partial charge is 0.223 e. The van der Waals surface area contributed by atoms with Crippen molar-refractivity contribution < 1.29 is 17.2 Å². The molecule has 0 aromatic heterocycles. The molecule has 0 bridgehead atoms. The van der Waals surface area contributed by atoms with Gasteiger partial charge in [-0.3, -0.25) is 0 Å². The minimum Gasteiger partial charge on any atom is -0.725 e. The summed E-state index contributed by atoms with van der Waals surface area (Å²) in [6, 6.07) is 0. The quantitative estimate of drug-likeness (QED) is 0.212. The molecule has 6 heteroatoms. The van der Waals surface area contributed by atoms with E-state index in [1.54, 1.807) is 0 Å². The summed E-state index contributed by atoms with van der Waals surface area (Å²) in [6.45, 7) is 2.24. The molecule has 0 N–H and O–H groups in total. The van der Waals surface area contributed by atoms with Gasteiger partial charge in [0.1, 0.15) is 5.75 Å². The van der Waals surface area contributed by atoms with E-state index in [0.29, 0.717) is 0 Å². The Kier molecular flexibility index (Phi) is 13.1. The molecule has 0 spiro atoms. The molecule has 0 saturated heterocycles. The van der Waals surface area contributed by atoms with Crippen molar-refractivity contribution in [3.63, 3.8) is 0 Å². The summed E-state index contributed by atoms with van der Waals surface area (Å²) in [6.07, 6.45) is 14.9. The predicted molar refractivity (Wildman–Crippen MR) is 85.6 cm³/mol. The Morgan fingerprint density at radius 3 is 1.80 bits per heavy atom. The van der Waals surface area contributed by atoms with E-state index >= 15 is 0 Å². The van der Waals surface area contributed by atoms with Gasteiger partial charge in [0.05, 0.1) is 6.26 Å². The Bertz CT molecular complexity index is 304. The molecule has 0 amide bonds. The van der Waals surface area contributed by atoms with Gasteiger partial charge in [0.2, 0.25) is 16.3 Å². The summed E-state index contributed by atoms with van der Waals surface area (Å²) in [4.78, 5) is 0. The second kappa shape index (κ2) is 12.9. The number of hydrogen-bond acceptors (Lipinski definition) is 4. The van der Waals surface area contributed by atoms with Gasteiger partial charge < -0.3 is 4.55 Å². The highest BCUT2D eigenvalue weighted by Gasteiger charge is 2.12. The number of hydrogen-bond donors (Lipinski definition) is 0. The molecule has 0 saturated carbocycles. The highest BCUT2D eigenvalue weighted by Crippen LogP contribution is 2.11. The molecule has 0 heterocycles. The first kappa shape index (κ1) is 20.2. The first-order valence-electron chi connectivity index (χ1n) is 7.65. The Balaban J connectivity index is 3.23. The highest BCUT2D eigenvalue weighted by atomic mass is 32.3. The maximum absolute atomic E-state index is 10.3. The molecule has 0 aliphatic carbocycles. The Morgan fingerprint density at radius 1 is 0.900 bits per heavy atom. The molecule has 0 fully saturated rings. The minimum atomic E-state index is -4.51. The van der Waals surface area contributed by atoms with Crippen molar-refractivity contribution in [2.45, 2.75) is 71.1 Å². The van der Waals surface area contributed by atoms with E-state index in [2.05, 4.69) is 11.1 Å². The third kappa shape index (κ3) is 16.3. The van der Waals surface area contributed by atoms with Gasteiger partial charge in [-0.1, -0.05) is 58.3 Å². The monoisotopic (exact) mass is 326 g/mol. The second-order valence-electron chi connectivity index (χ2n) is 5.31. The number of rotatable bonds is 14. The molecule has 0 aliphatic heterocycles. The van der Waals surface area contributed by atoms with Crippen LogP contribution < -0.4 is 0 Å². The van der Waals surface area contributed by atoms with Crippen molar-refractivity contribution >= 4 is 21.3 Å². The topological polar surface area (TPSA) is 66.4 Å². The highest BCUT2D eigenvalue weighted by molar-refractivity contribution is 7.96. The predicted octanol–water partition coefficient (Wildman–Crippen LogP) is 3.59. The Hall–Kier alpha value is 0.220. The van der Waals surface area contributed by atoms with Crippen LogP contribution in [0.1, 0.15) is 71.1 Å². The van der Waals surface area contributed by atoms with Gasteiger partial charge in [-0.05, 0) is 12.8 Å². The summed E-state index contributed by atoms with van der Waals surface area (Å²) in [5.74, 6) is 0.995. The van der Waals surface area contributed by atoms with E-state index in [4.69, 9.17) is 0 Å². The first-order chi connectivity index (χ1) is 9.45. The van der Waals surface area contributed by atoms with Gasteiger partial charge in [-0.25, -0.2) is 12.6 Å². The maximum atomic E-state index is 10.3. The van der Waals surface area contributed by atoms with E-state index in [1.165, 1.54) is 57.8 Å². The SMILES string of the molecule is CCCCCCCCCCCC[S+](C)COS(=O)(=O)[O-]. The lowest BCUT2D eigenvalue weighted by Crippen LogP contribution is -2.16. The fourth-order valence-electron chi connectivity index (χ4n) is 2.04. The van der Waals surface area contributed by atoms with Gasteiger partial charge >= 0.3 is 0 Å². The fourth-order valence-corrected chi connectivity index (χ4v) is 3.98. The van der Waals surface area contributed by atoms with E-state index < -0.39 is 10.4 Å². The zero-order chi connectivity index (χ0) is 15.3. The van der Waals surface area contributed by atoms with Crippen LogP contribution in [0.4, 0.5) is 0 Å². The normalized spacial score (nSPS) is 13.6. The van der Waals surface area contributed by atoms with Crippen LogP contribution in [0.15, 0.2) is 0 Å². The Labute approximate surface area is 128 Å². The Morgan fingerprint density at radius 2 is 1.35 bits per heavy atom. The lowest BCUT2D eigenvalue weighted by molar-refractivity contribution is 0.302. The van der Waals surface area contributed by atoms with E-state index in [9.17, 15) is 13.0 Å². The lowest BCUT2D eigenvalue weighted by atomic mass is 10.1. The molecule has 0 aromatic carbocycles. The average Bonchev–Trinajstić information content (AvgIpc) is 2.38. The summed E-state index contributed by atoms with van der Waals surface area (Å²) in [7, 11) is -4.65. The largest absolute Gasteiger partial charge is 0.725 e. The van der Waals surface area contributed by atoms with Crippen LogP contribution in [0.3, 0.4) is 0 Å². The maximum Gasteiger partial charge on any atom is 0.223 e. The standard InChI is InChI=1S/C14H30O4S2/c1-3-4-5-6-7-8-9-10-11-12-13-19(2)14-18-20(15,16)17/h3-14H2,1-2H3. The third-order valence-corrected chi connectivity index (χ3v) is 5.30. The molecule has 1 atom stereocenters. The van der Waals surface area contributed by atoms with Crippen molar-refractivity contribution in [2.75, 3.05) is 17.9 Å². The first-order valence-corrected chi connectivity index (χ1v) is 11.0. The van der Waals surface area contributed by atoms with Crippen LogP contribution in [-0.2, 0) is 25.5 Å². The van der Waals surface area contributed by atoms with Crippen LogP contribution in [-0.4, -0.2) is 30.9 Å². The molecule has 0 aromatic rings. The third-order valence-electron chi connectivity index (χ3n) is 3.24. The molecule has 0 aliphatic rings. The van der Waals surface area contributed by atoms with Crippen molar-refractivity contribution in [3.05, 3.63) is 0 Å². The van der Waals surface area contributed by atoms with Crippen molar-refractivity contribution in [1.29, 1.82) is 0 Å². The molecule has 122 valence electrons. The fraction of sp³-hybridized carbons (Fsp3) is 1.00. The molecule has 20 heavy (non-hydrogen) atoms. The zero-order valence-corrected chi connectivity index (χ0v) is 14.6. The van der Waals surface area contributed by atoms with Gasteiger partial charge in [0.25, 0.3) is 0 Å². The van der Waals surface area contributed by atoms with Crippen LogP contribution in [0.2, 0.25) is 0 Å². The molecule has 4 nitrogen and oxygen atoms in total. The number of unbranched alkanes of at least 4 members (excludes halogenated alkanes) is 9. The average molecular weight is 327 g/mol. The van der Waals surface area contributed by atoms with Crippen molar-refractivity contribution in [3.8, 4) is 0 Å². The van der Waals surface area contributed by atoms with Crippen LogP contribution in [0.5, 0.6) is 0 Å². The summed E-state index contributed by atoms with van der Waals surface area (Å²) >= 11 is 0. The molecule has 0 radical (unpaired) electrons. The van der Waals surface area contributed by atoms with E-state index in [1.807, 2.05) is 6.26 Å². The van der Waals surface area contributed by atoms with Crippen LogP contribution >= 0.6 is 0 Å². The summed E-state index contributed by atoms with van der Waals surface area (Å²) < 4.78 is 35.2. The van der Waals surface area contributed by atoms with Crippen molar-refractivity contribution in [2.24, 2.45) is 0 Å². The molecule has 0 rings (SSSR count). The molecular formula is C14H30O4S2. The van der Waals surface area contributed by atoms with E-state index in [-0.39, 0.29) is 16.8 Å².